The van der Waals surface area contributed by atoms with Gasteiger partial charge in [-0.1, -0.05) is 30.3 Å². The van der Waals surface area contributed by atoms with E-state index in [-0.39, 0.29) is 18.6 Å². The number of likely N-dealkylation sites (tertiary alicyclic amines) is 1. The van der Waals surface area contributed by atoms with Crippen molar-refractivity contribution in [2.45, 2.75) is 31.3 Å². The van der Waals surface area contributed by atoms with Crippen molar-refractivity contribution in [1.29, 1.82) is 0 Å². The van der Waals surface area contributed by atoms with Gasteiger partial charge in [0.05, 0.1) is 6.61 Å². The summed E-state index contributed by atoms with van der Waals surface area (Å²) in [4.78, 5) is 14.2. The van der Waals surface area contributed by atoms with Crippen LogP contribution < -0.4 is 5.73 Å². The Kier molecular flexibility index (Phi) is 4.93. The second kappa shape index (κ2) is 6.68. The fraction of sp³-hybridized carbons (Fsp3) is 0.533. The van der Waals surface area contributed by atoms with Gasteiger partial charge in [0.15, 0.2) is 0 Å². The van der Waals surface area contributed by atoms with Crippen LogP contribution in [0.15, 0.2) is 30.3 Å². The summed E-state index contributed by atoms with van der Waals surface area (Å²) in [7, 11) is 1.57. The zero-order valence-electron chi connectivity index (χ0n) is 11.4. The summed E-state index contributed by atoms with van der Waals surface area (Å²) in [6.45, 7) is 1.10. The van der Waals surface area contributed by atoms with E-state index in [0.29, 0.717) is 0 Å². The van der Waals surface area contributed by atoms with Crippen molar-refractivity contribution in [2.75, 3.05) is 20.3 Å². The lowest BCUT2D eigenvalue weighted by atomic mass is 10.0. The molecule has 1 aliphatic heterocycles. The minimum atomic E-state index is -0.540. The molecule has 1 fully saturated rings. The Morgan fingerprint density at radius 1 is 1.47 bits per heavy atom. The van der Waals surface area contributed by atoms with Crippen LogP contribution in [0.3, 0.4) is 0 Å². The van der Waals surface area contributed by atoms with Gasteiger partial charge in [-0.2, -0.15) is 0 Å². The van der Waals surface area contributed by atoms with Gasteiger partial charge in [0.1, 0.15) is 6.04 Å². The van der Waals surface area contributed by atoms with Gasteiger partial charge in [-0.05, 0) is 24.8 Å². The van der Waals surface area contributed by atoms with Crippen molar-refractivity contribution in [3.8, 4) is 0 Å². The first-order chi connectivity index (χ1) is 9.22. The Morgan fingerprint density at radius 2 is 2.21 bits per heavy atom. The molecule has 1 amide bonds. The average Bonchev–Trinajstić information content (AvgIpc) is 2.87. The maximum Gasteiger partial charge on any atom is 0.242 e. The van der Waals surface area contributed by atoms with Crippen LogP contribution in [-0.4, -0.2) is 43.2 Å². The van der Waals surface area contributed by atoms with Crippen LogP contribution in [0.25, 0.3) is 0 Å². The number of carbonyl (C=O) groups excluding carboxylic acids is 1. The van der Waals surface area contributed by atoms with Gasteiger partial charge in [0.25, 0.3) is 0 Å². The van der Waals surface area contributed by atoms with Gasteiger partial charge >= 0.3 is 0 Å². The highest BCUT2D eigenvalue weighted by atomic mass is 16.5. The predicted octanol–water partition coefficient (Wildman–Crippen LogP) is 1.19. The summed E-state index contributed by atoms with van der Waals surface area (Å²) < 4.78 is 4.97. The fourth-order valence-electron chi connectivity index (χ4n) is 2.69. The third-order valence-electron chi connectivity index (χ3n) is 3.64. The molecule has 0 radical (unpaired) electrons. The zero-order chi connectivity index (χ0) is 13.7. The fourth-order valence-corrected chi connectivity index (χ4v) is 2.69. The van der Waals surface area contributed by atoms with Crippen LogP contribution in [0.1, 0.15) is 18.4 Å². The van der Waals surface area contributed by atoms with Crippen molar-refractivity contribution in [2.24, 2.45) is 5.73 Å². The van der Waals surface area contributed by atoms with Gasteiger partial charge in [0.2, 0.25) is 5.91 Å². The maximum atomic E-state index is 12.3. The third kappa shape index (κ3) is 3.55. The molecule has 1 aromatic carbocycles. The van der Waals surface area contributed by atoms with Crippen LogP contribution in [0.2, 0.25) is 0 Å². The Balaban J connectivity index is 1.99. The average molecular weight is 262 g/mol. The number of amides is 1. The minimum Gasteiger partial charge on any atom is -0.383 e. The van der Waals surface area contributed by atoms with Gasteiger partial charge < -0.3 is 15.4 Å². The van der Waals surface area contributed by atoms with Crippen molar-refractivity contribution < 1.29 is 9.53 Å². The van der Waals surface area contributed by atoms with Gasteiger partial charge in [-0.3, -0.25) is 4.79 Å². The lowest BCUT2D eigenvalue weighted by Crippen LogP contribution is -2.48. The van der Waals surface area contributed by atoms with Crippen LogP contribution in [0, 0.1) is 0 Å². The molecule has 1 aromatic rings. The third-order valence-corrected chi connectivity index (χ3v) is 3.64. The van der Waals surface area contributed by atoms with E-state index in [4.69, 9.17) is 10.5 Å². The van der Waals surface area contributed by atoms with E-state index < -0.39 is 6.04 Å². The zero-order valence-corrected chi connectivity index (χ0v) is 11.4. The smallest absolute Gasteiger partial charge is 0.242 e. The molecule has 1 heterocycles. The number of methoxy groups -OCH3 is 1. The van der Waals surface area contributed by atoms with E-state index in [1.54, 1.807) is 7.11 Å². The van der Waals surface area contributed by atoms with Gasteiger partial charge in [-0.25, -0.2) is 0 Å². The molecule has 0 aliphatic carbocycles. The van der Waals surface area contributed by atoms with E-state index in [1.165, 1.54) is 5.56 Å². The molecule has 0 aromatic heterocycles. The molecule has 4 nitrogen and oxygen atoms in total. The van der Waals surface area contributed by atoms with Crippen LogP contribution in [0.4, 0.5) is 0 Å². The van der Waals surface area contributed by atoms with Gasteiger partial charge in [0, 0.05) is 19.7 Å². The summed E-state index contributed by atoms with van der Waals surface area (Å²) in [5.74, 6) is 0.0141. The first-order valence-corrected chi connectivity index (χ1v) is 6.81. The standard InChI is InChI=1S/C15H22N2O2/c1-19-11-14(16)15(18)17-9-5-8-13(17)10-12-6-3-2-4-7-12/h2-4,6-7,13-14H,5,8-11,16H2,1H3. The number of hydrogen-bond donors (Lipinski definition) is 1. The monoisotopic (exact) mass is 262 g/mol. The molecule has 2 atom stereocenters. The van der Waals surface area contributed by atoms with Crippen LogP contribution in [-0.2, 0) is 16.0 Å². The maximum absolute atomic E-state index is 12.3. The van der Waals surface area contributed by atoms with Crippen molar-refractivity contribution in [3.05, 3.63) is 35.9 Å². The summed E-state index contributed by atoms with van der Waals surface area (Å²) in [5.41, 5.74) is 7.12. The van der Waals surface area contributed by atoms with E-state index in [2.05, 4.69) is 12.1 Å². The van der Waals surface area contributed by atoms with E-state index >= 15 is 0 Å². The predicted molar refractivity (Wildman–Crippen MR) is 74.7 cm³/mol. The molecule has 19 heavy (non-hydrogen) atoms. The Morgan fingerprint density at radius 3 is 2.89 bits per heavy atom. The molecule has 0 saturated carbocycles. The van der Waals surface area contributed by atoms with E-state index in [0.717, 1.165) is 25.8 Å². The number of nitrogens with zero attached hydrogens (tertiary/aromatic N) is 1. The molecule has 0 bridgehead atoms. The molecule has 4 heteroatoms. The van der Waals surface area contributed by atoms with E-state index in [1.807, 2.05) is 23.1 Å². The molecule has 2 unspecified atom stereocenters. The lowest BCUT2D eigenvalue weighted by Gasteiger charge is -2.27. The number of nitrogens with two attached hydrogens (primary N) is 1. The number of carbonyl (C=O) groups is 1. The van der Waals surface area contributed by atoms with Gasteiger partial charge in [-0.15, -0.1) is 0 Å². The highest BCUT2D eigenvalue weighted by Crippen LogP contribution is 2.21. The Hall–Kier alpha value is -1.39. The summed E-state index contributed by atoms with van der Waals surface area (Å²) in [6, 6.07) is 10.0. The second-order valence-electron chi connectivity index (χ2n) is 5.08. The molecule has 2 rings (SSSR count). The summed E-state index contributed by atoms with van der Waals surface area (Å²) in [6.07, 6.45) is 3.02. The first-order valence-electron chi connectivity index (χ1n) is 6.81. The quantitative estimate of drug-likeness (QED) is 0.867. The molecule has 0 spiro atoms. The molecule has 1 aliphatic rings. The molecular weight excluding hydrogens is 240 g/mol. The number of ether oxygens (including phenoxy) is 1. The number of hydrogen-bond acceptors (Lipinski definition) is 3. The lowest BCUT2D eigenvalue weighted by molar-refractivity contribution is -0.134. The molecular formula is C15H22N2O2. The summed E-state index contributed by atoms with van der Waals surface area (Å²) in [5, 5.41) is 0. The highest BCUT2D eigenvalue weighted by Gasteiger charge is 2.31. The van der Waals surface area contributed by atoms with E-state index in [9.17, 15) is 4.79 Å². The highest BCUT2D eigenvalue weighted by molar-refractivity contribution is 5.82. The normalized spacial score (nSPS) is 20.5. The second-order valence-corrected chi connectivity index (χ2v) is 5.08. The molecule has 1 saturated heterocycles. The molecule has 104 valence electrons. The SMILES string of the molecule is COCC(N)C(=O)N1CCCC1Cc1ccccc1. The van der Waals surface area contributed by atoms with Crippen LogP contribution >= 0.6 is 0 Å². The number of rotatable bonds is 5. The number of benzene rings is 1. The Bertz CT molecular complexity index is 408. The largest absolute Gasteiger partial charge is 0.383 e. The van der Waals surface area contributed by atoms with Crippen LogP contribution in [0.5, 0.6) is 0 Å². The Labute approximate surface area is 114 Å². The molecule has 2 N–H and O–H groups in total. The topological polar surface area (TPSA) is 55.6 Å². The van der Waals surface area contributed by atoms with Crippen molar-refractivity contribution in [1.82, 2.24) is 4.90 Å². The van der Waals surface area contributed by atoms with Crippen molar-refractivity contribution >= 4 is 5.91 Å². The summed E-state index contributed by atoms with van der Waals surface area (Å²) >= 11 is 0. The minimum absolute atomic E-state index is 0.0141. The van der Waals surface area contributed by atoms with Crippen molar-refractivity contribution in [3.63, 3.8) is 0 Å². The first kappa shape index (κ1) is 14.0.